The van der Waals surface area contributed by atoms with Crippen LogP contribution < -0.4 is 5.32 Å². The van der Waals surface area contributed by atoms with Crippen LogP contribution in [0.1, 0.15) is 28.6 Å². The average molecular weight is 364 g/mol. The van der Waals surface area contributed by atoms with Gasteiger partial charge in [-0.3, -0.25) is 4.98 Å². The predicted octanol–water partition coefficient (Wildman–Crippen LogP) is 5.51. The Bertz CT molecular complexity index is 1030. The minimum absolute atomic E-state index is 0.364. The Labute approximate surface area is 164 Å². The van der Waals surface area contributed by atoms with Crippen LogP contribution in [-0.2, 0) is 10.3 Å². The molecule has 1 atom stereocenters. The maximum atomic E-state index is 6.89. The molecule has 0 bridgehead atoms. The average Bonchev–Trinajstić information content (AvgIpc) is 2.80. The van der Waals surface area contributed by atoms with Crippen molar-refractivity contribution in [3.05, 3.63) is 132 Å². The van der Waals surface area contributed by atoms with Crippen molar-refractivity contribution in [2.75, 3.05) is 5.32 Å². The van der Waals surface area contributed by atoms with Crippen molar-refractivity contribution >= 4 is 5.69 Å². The SMILES string of the molecule is c1ccc(C2(c3ccccc3)O[C@@H](c3ccccn3)Nc3ccccc32)cc1. The number of anilines is 1. The molecular formula is C25H20N2O. The van der Waals surface area contributed by atoms with Crippen LogP contribution in [0.5, 0.6) is 0 Å². The molecule has 1 aliphatic rings. The molecule has 1 aromatic heterocycles. The third-order valence-electron chi connectivity index (χ3n) is 5.20. The van der Waals surface area contributed by atoms with Gasteiger partial charge in [0.15, 0.2) is 6.23 Å². The van der Waals surface area contributed by atoms with Crippen molar-refractivity contribution in [1.29, 1.82) is 0 Å². The van der Waals surface area contributed by atoms with Gasteiger partial charge >= 0.3 is 0 Å². The van der Waals surface area contributed by atoms with Crippen LogP contribution in [0.2, 0.25) is 0 Å². The van der Waals surface area contributed by atoms with Gasteiger partial charge in [0.1, 0.15) is 5.60 Å². The number of pyridine rings is 1. The third-order valence-corrected chi connectivity index (χ3v) is 5.20. The second-order valence-corrected chi connectivity index (χ2v) is 6.86. The fourth-order valence-electron chi connectivity index (χ4n) is 3.95. The van der Waals surface area contributed by atoms with Crippen LogP contribution in [0.25, 0.3) is 0 Å². The van der Waals surface area contributed by atoms with E-state index >= 15 is 0 Å². The number of hydrogen-bond donors (Lipinski definition) is 1. The zero-order chi connectivity index (χ0) is 18.8. The molecule has 28 heavy (non-hydrogen) atoms. The van der Waals surface area contributed by atoms with E-state index in [1.54, 1.807) is 6.20 Å². The highest BCUT2D eigenvalue weighted by Gasteiger charge is 2.45. The van der Waals surface area contributed by atoms with Crippen LogP contribution in [0.3, 0.4) is 0 Å². The second-order valence-electron chi connectivity index (χ2n) is 6.86. The molecule has 0 amide bonds. The van der Waals surface area contributed by atoms with E-state index in [4.69, 9.17) is 4.74 Å². The van der Waals surface area contributed by atoms with Crippen LogP contribution in [0, 0.1) is 0 Å². The first-order valence-electron chi connectivity index (χ1n) is 9.44. The van der Waals surface area contributed by atoms with Crippen molar-refractivity contribution in [2.24, 2.45) is 0 Å². The van der Waals surface area contributed by atoms with E-state index in [0.29, 0.717) is 0 Å². The lowest BCUT2D eigenvalue weighted by Gasteiger charge is -2.44. The van der Waals surface area contributed by atoms with Crippen LogP contribution in [0.4, 0.5) is 5.69 Å². The summed E-state index contributed by atoms with van der Waals surface area (Å²) in [4.78, 5) is 4.54. The van der Waals surface area contributed by atoms with Gasteiger partial charge in [-0.25, -0.2) is 0 Å². The highest BCUT2D eigenvalue weighted by Crippen LogP contribution is 2.49. The molecular weight excluding hydrogens is 344 g/mol. The molecule has 3 aromatic carbocycles. The molecule has 0 radical (unpaired) electrons. The first kappa shape index (κ1) is 16.7. The summed E-state index contributed by atoms with van der Waals surface area (Å²) < 4.78 is 6.89. The number of ether oxygens (including phenoxy) is 1. The van der Waals surface area contributed by atoms with Gasteiger partial charge in [-0.05, 0) is 29.3 Å². The molecule has 0 aliphatic carbocycles. The minimum Gasteiger partial charge on any atom is -0.355 e. The topological polar surface area (TPSA) is 34.1 Å². The summed E-state index contributed by atoms with van der Waals surface area (Å²) in [6, 6.07) is 35.1. The lowest BCUT2D eigenvalue weighted by atomic mass is 9.78. The van der Waals surface area contributed by atoms with E-state index in [2.05, 4.69) is 77.0 Å². The minimum atomic E-state index is -0.730. The maximum Gasteiger partial charge on any atom is 0.173 e. The number of rotatable bonds is 3. The molecule has 0 fully saturated rings. The Morgan fingerprint density at radius 3 is 1.93 bits per heavy atom. The quantitative estimate of drug-likeness (QED) is 0.520. The van der Waals surface area contributed by atoms with Gasteiger partial charge in [0.2, 0.25) is 0 Å². The number of para-hydroxylation sites is 1. The highest BCUT2D eigenvalue weighted by atomic mass is 16.5. The Kier molecular flexibility index (Phi) is 4.15. The second kappa shape index (κ2) is 6.95. The normalized spacial score (nSPS) is 17.4. The Balaban J connectivity index is 1.79. The van der Waals surface area contributed by atoms with E-state index < -0.39 is 5.60 Å². The standard InChI is InChI=1S/C25H20N2O/c1-3-11-19(12-4-1)25(20-13-5-2-6-14-20)21-15-7-8-16-22(21)27-24(28-25)23-17-9-10-18-26-23/h1-18,24,27H/t24-/m0/s1. The zero-order valence-corrected chi connectivity index (χ0v) is 15.3. The molecule has 0 saturated carbocycles. The lowest BCUT2D eigenvalue weighted by molar-refractivity contribution is -0.0450. The molecule has 0 spiro atoms. The van der Waals surface area contributed by atoms with Gasteiger partial charge < -0.3 is 10.1 Å². The van der Waals surface area contributed by atoms with E-state index in [1.165, 1.54) is 0 Å². The molecule has 136 valence electrons. The summed E-state index contributed by atoms with van der Waals surface area (Å²) in [6.07, 6.45) is 1.43. The molecule has 2 heterocycles. The third kappa shape index (κ3) is 2.68. The number of nitrogens with zero attached hydrogens (tertiary/aromatic N) is 1. The van der Waals surface area contributed by atoms with Gasteiger partial charge in [0, 0.05) is 17.4 Å². The summed E-state index contributed by atoms with van der Waals surface area (Å²) >= 11 is 0. The van der Waals surface area contributed by atoms with Gasteiger partial charge in [-0.1, -0.05) is 84.9 Å². The summed E-state index contributed by atoms with van der Waals surface area (Å²) in [7, 11) is 0. The first-order chi connectivity index (χ1) is 13.9. The molecule has 3 heteroatoms. The summed E-state index contributed by atoms with van der Waals surface area (Å²) in [5.74, 6) is 0. The van der Waals surface area contributed by atoms with E-state index in [-0.39, 0.29) is 6.23 Å². The van der Waals surface area contributed by atoms with E-state index in [1.807, 2.05) is 36.4 Å². The fourth-order valence-corrected chi connectivity index (χ4v) is 3.95. The van der Waals surface area contributed by atoms with Crippen LogP contribution in [-0.4, -0.2) is 4.98 Å². The largest absolute Gasteiger partial charge is 0.355 e. The van der Waals surface area contributed by atoms with Gasteiger partial charge in [0.05, 0.1) is 5.69 Å². The van der Waals surface area contributed by atoms with E-state index in [9.17, 15) is 0 Å². The summed E-state index contributed by atoms with van der Waals surface area (Å²) in [5.41, 5.74) is 4.46. The Morgan fingerprint density at radius 1 is 0.679 bits per heavy atom. The fraction of sp³-hybridized carbons (Fsp3) is 0.0800. The first-order valence-corrected chi connectivity index (χ1v) is 9.44. The molecule has 3 nitrogen and oxygen atoms in total. The van der Waals surface area contributed by atoms with Crippen molar-refractivity contribution in [1.82, 2.24) is 4.98 Å². The molecule has 1 N–H and O–H groups in total. The van der Waals surface area contributed by atoms with Gasteiger partial charge in [-0.2, -0.15) is 0 Å². The number of benzene rings is 3. The van der Waals surface area contributed by atoms with E-state index in [0.717, 1.165) is 28.1 Å². The number of hydrogen-bond acceptors (Lipinski definition) is 3. The zero-order valence-electron chi connectivity index (χ0n) is 15.3. The van der Waals surface area contributed by atoms with Crippen LogP contribution >= 0.6 is 0 Å². The molecule has 5 rings (SSSR count). The monoisotopic (exact) mass is 364 g/mol. The number of fused-ring (bicyclic) bond motifs is 1. The summed E-state index contributed by atoms with van der Waals surface area (Å²) in [6.45, 7) is 0. The van der Waals surface area contributed by atoms with Gasteiger partial charge in [0.25, 0.3) is 0 Å². The predicted molar refractivity (Wildman–Crippen MR) is 111 cm³/mol. The smallest absolute Gasteiger partial charge is 0.173 e. The number of nitrogens with one attached hydrogen (secondary N) is 1. The lowest BCUT2D eigenvalue weighted by Crippen LogP contribution is -2.41. The van der Waals surface area contributed by atoms with Crippen molar-refractivity contribution in [3.63, 3.8) is 0 Å². The molecule has 0 saturated heterocycles. The molecule has 1 aliphatic heterocycles. The van der Waals surface area contributed by atoms with Crippen molar-refractivity contribution < 1.29 is 4.74 Å². The van der Waals surface area contributed by atoms with Crippen LogP contribution in [0.15, 0.2) is 109 Å². The number of aromatic nitrogens is 1. The Morgan fingerprint density at radius 2 is 1.29 bits per heavy atom. The summed E-state index contributed by atoms with van der Waals surface area (Å²) in [5, 5.41) is 3.52. The highest BCUT2D eigenvalue weighted by molar-refractivity contribution is 5.63. The Hall–Kier alpha value is -3.43. The maximum absolute atomic E-state index is 6.89. The molecule has 4 aromatic rings. The molecule has 0 unspecified atom stereocenters. The van der Waals surface area contributed by atoms with Crippen molar-refractivity contribution in [3.8, 4) is 0 Å². The van der Waals surface area contributed by atoms with Crippen molar-refractivity contribution in [2.45, 2.75) is 11.8 Å². The van der Waals surface area contributed by atoms with Gasteiger partial charge in [-0.15, -0.1) is 0 Å².